The van der Waals surface area contributed by atoms with Gasteiger partial charge < -0.3 is 25.4 Å². The molecule has 35 heavy (non-hydrogen) atoms. The van der Waals surface area contributed by atoms with Gasteiger partial charge in [0.25, 0.3) is 0 Å². The van der Waals surface area contributed by atoms with Crippen LogP contribution < -0.4 is 10.6 Å². The SMILES string of the molecule is CC(C)(C)OC(=O)NC(CS)C(=O)N(C(C(=O)NC1CCCCC1)c1cccc(O)c1)C(C)(C)C. The van der Waals surface area contributed by atoms with Gasteiger partial charge in [0.05, 0.1) is 0 Å². The Morgan fingerprint density at radius 2 is 1.74 bits per heavy atom. The van der Waals surface area contributed by atoms with Crippen molar-refractivity contribution in [2.45, 2.75) is 103 Å². The van der Waals surface area contributed by atoms with E-state index in [1.54, 1.807) is 32.9 Å². The fraction of sp³-hybridized carbons (Fsp3) is 0.654. The highest BCUT2D eigenvalue weighted by Crippen LogP contribution is 2.32. The summed E-state index contributed by atoms with van der Waals surface area (Å²) in [6.07, 6.45) is 4.29. The molecule has 9 heteroatoms. The minimum Gasteiger partial charge on any atom is -0.508 e. The predicted molar refractivity (Wildman–Crippen MR) is 139 cm³/mol. The van der Waals surface area contributed by atoms with Crippen LogP contribution in [0.15, 0.2) is 24.3 Å². The molecule has 0 aromatic heterocycles. The molecule has 1 fully saturated rings. The van der Waals surface area contributed by atoms with Crippen molar-refractivity contribution < 1.29 is 24.2 Å². The number of phenols is 1. The number of nitrogens with one attached hydrogen (secondary N) is 2. The van der Waals surface area contributed by atoms with E-state index in [-0.39, 0.29) is 23.5 Å². The Hall–Kier alpha value is -2.42. The van der Waals surface area contributed by atoms with Gasteiger partial charge in [-0.3, -0.25) is 9.59 Å². The minimum absolute atomic E-state index is 0.00287. The van der Waals surface area contributed by atoms with Crippen LogP contribution in [0.25, 0.3) is 0 Å². The molecular weight excluding hydrogens is 466 g/mol. The van der Waals surface area contributed by atoms with E-state index in [1.165, 1.54) is 17.0 Å². The Balaban J connectivity index is 2.44. The van der Waals surface area contributed by atoms with Crippen LogP contribution in [-0.4, -0.2) is 56.9 Å². The third kappa shape index (κ3) is 8.63. The fourth-order valence-electron chi connectivity index (χ4n) is 4.29. The largest absolute Gasteiger partial charge is 0.508 e. The molecule has 0 radical (unpaired) electrons. The number of carbonyl (C=O) groups is 3. The van der Waals surface area contributed by atoms with Crippen LogP contribution in [0.2, 0.25) is 0 Å². The van der Waals surface area contributed by atoms with E-state index in [0.29, 0.717) is 5.56 Å². The average molecular weight is 508 g/mol. The molecule has 0 spiro atoms. The van der Waals surface area contributed by atoms with Gasteiger partial charge in [-0.05, 0) is 72.1 Å². The predicted octanol–water partition coefficient (Wildman–Crippen LogP) is 4.33. The maximum Gasteiger partial charge on any atom is 0.408 e. The van der Waals surface area contributed by atoms with Crippen molar-refractivity contribution in [2.75, 3.05) is 5.75 Å². The minimum atomic E-state index is -1.02. The molecule has 3 N–H and O–H groups in total. The monoisotopic (exact) mass is 507 g/mol. The van der Waals surface area contributed by atoms with Gasteiger partial charge in [0.1, 0.15) is 23.4 Å². The van der Waals surface area contributed by atoms with Crippen LogP contribution >= 0.6 is 12.6 Å². The van der Waals surface area contributed by atoms with Crippen molar-refractivity contribution in [1.29, 1.82) is 0 Å². The van der Waals surface area contributed by atoms with Gasteiger partial charge in [-0.15, -0.1) is 0 Å². The second kappa shape index (κ2) is 12.0. The fourth-order valence-corrected chi connectivity index (χ4v) is 4.54. The zero-order valence-electron chi connectivity index (χ0n) is 21.8. The lowest BCUT2D eigenvalue weighted by Gasteiger charge is -2.43. The van der Waals surface area contributed by atoms with Crippen molar-refractivity contribution in [3.63, 3.8) is 0 Å². The van der Waals surface area contributed by atoms with E-state index in [1.807, 2.05) is 20.8 Å². The number of thiol groups is 1. The van der Waals surface area contributed by atoms with Crippen LogP contribution in [0.4, 0.5) is 4.79 Å². The lowest BCUT2D eigenvalue weighted by Crippen LogP contribution is -2.59. The normalized spacial score (nSPS) is 16.7. The van der Waals surface area contributed by atoms with Gasteiger partial charge >= 0.3 is 6.09 Å². The molecule has 2 unspecified atom stereocenters. The Labute approximate surface area is 214 Å². The summed E-state index contributed by atoms with van der Waals surface area (Å²) in [5, 5.41) is 15.9. The maximum absolute atomic E-state index is 13.9. The first kappa shape index (κ1) is 28.8. The summed E-state index contributed by atoms with van der Waals surface area (Å²) < 4.78 is 5.33. The van der Waals surface area contributed by atoms with Crippen LogP contribution in [-0.2, 0) is 14.3 Å². The zero-order valence-corrected chi connectivity index (χ0v) is 22.7. The summed E-state index contributed by atoms with van der Waals surface area (Å²) in [5.74, 6) is -0.773. The number of phenolic OH excluding ortho intramolecular Hbond substituents is 1. The first-order chi connectivity index (χ1) is 16.2. The zero-order chi connectivity index (χ0) is 26.4. The number of carbonyl (C=O) groups excluding carboxylic acids is 3. The van der Waals surface area contributed by atoms with Gasteiger partial charge in [-0.25, -0.2) is 4.79 Å². The van der Waals surface area contributed by atoms with Crippen LogP contribution in [0.1, 0.15) is 85.3 Å². The lowest BCUT2D eigenvalue weighted by molar-refractivity contribution is -0.148. The number of benzene rings is 1. The Morgan fingerprint density at radius 1 is 1.11 bits per heavy atom. The molecule has 0 saturated heterocycles. The molecule has 0 heterocycles. The van der Waals surface area contributed by atoms with Gasteiger partial charge in [0.2, 0.25) is 11.8 Å². The average Bonchev–Trinajstić information content (AvgIpc) is 2.73. The molecule has 2 atom stereocenters. The number of hydrogen-bond acceptors (Lipinski definition) is 6. The van der Waals surface area contributed by atoms with Crippen LogP contribution in [0.5, 0.6) is 5.75 Å². The summed E-state index contributed by atoms with van der Waals surface area (Å²) in [6.45, 7) is 10.7. The highest BCUT2D eigenvalue weighted by Gasteiger charge is 2.42. The van der Waals surface area contributed by atoms with Gasteiger partial charge in [0.15, 0.2) is 0 Å². The third-order valence-corrected chi connectivity index (χ3v) is 6.14. The summed E-state index contributed by atoms with van der Waals surface area (Å²) >= 11 is 4.30. The number of alkyl carbamates (subject to hydrolysis) is 1. The second-order valence-electron chi connectivity index (χ2n) is 11.1. The van der Waals surface area contributed by atoms with E-state index < -0.39 is 35.2 Å². The van der Waals surface area contributed by atoms with Gasteiger partial charge in [0, 0.05) is 17.3 Å². The molecule has 1 aromatic rings. The number of ether oxygens (including phenoxy) is 1. The summed E-state index contributed by atoms with van der Waals surface area (Å²) in [5.41, 5.74) is -1.05. The Morgan fingerprint density at radius 3 is 2.26 bits per heavy atom. The molecule has 0 bridgehead atoms. The third-order valence-electron chi connectivity index (χ3n) is 5.78. The van der Waals surface area contributed by atoms with E-state index in [9.17, 15) is 19.5 Å². The molecule has 1 aromatic carbocycles. The van der Waals surface area contributed by atoms with Gasteiger partial charge in [-0.2, -0.15) is 12.6 Å². The Kier molecular flexibility index (Phi) is 9.89. The Bertz CT molecular complexity index is 888. The first-order valence-electron chi connectivity index (χ1n) is 12.3. The molecule has 1 aliphatic rings. The summed E-state index contributed by atoms with van der Waals surface area (Å²) in [7, 11) is 0. The second-order valence-corrected chi connectivity index (χ2v) is 11.5. The molecule has 0 aliphatic heterocycles. The number of aromatic hydroxyl groups is 1. The van der Waals surface area contributed by atoms with Crippen molar-refractivity contribution in [1.82, 2.24) is 15.5 Å². The number of amides is 3. The standard InChI is InChI=1S/C26H41N3O5S/c1-25(2,3)29(23(32)20(16-35)28-24(33)34-26(4,5)6)21(17-11-10-14-19(30)15-17)22(31)27-18-12-8-7-9-13-18/h10-11,14-15,18,20-21,30,35H,7-9,12-13,16H2,1-6H3,(H,27,31)(H,28,33). The quantitative estimate of drug-likeness (QED) is 0.411. The molecule has 196 valence electrons. The van der Waals surface area contributed by atoms with Crippen molar-refractivity contribution in [3.05, 3.63) is 29.8 Å². The van der Waals surface area contributed by atoms with Crippen LogP contribution in [0, 0.1) is 0 Å². The molecule has 1 aliphatic carbocycles. The molecule has 2 rings (SSSR count). The topological polar surface area (TPSA) is 108 Å². The van der Waals surface area contributed by atoms with E-state index in [2.05, 4.69) is 23.3 Å². The maximum atomic E-state index is 13.9. The highest BCUT2D eigenvalue weighted by atomic mass is 32.1. The van der Waals surface area contributed by atoms with E-state index in [4.69, 9.17) is 4.74 Å². The highest BCUT2D eigenvalue weighted by molar-refractivity contribution is 7.80. The summed E-state index contributed by atoms with van der Waals surface area (Å²) in [6, 6.07) is 4.37. The van der Waals surface area contributed by atoms with Crippen molar-refractivity contribution >= 4 is 30.5 Å². The number of hydrogen-bond donors (Lipinski definition) is 4. The van der Waals surface area contributed by atoms with Gasteiger partial charge in [-0.1, -0.05) is 31.4 Å². The van der Waals surface area contributed by atoms with E-state index in [0.717, 1.165) is 32.1 Å². The van der Waals surface area contributed by atoms with Crippen molar-refractivity contribution in [2.24, 2.45) is 0 Å². The number of rotatable bonds is 7. The molecule has 8 nitrogen and oxygen atoms in total. The summed E-state index contributed by atoms with van der Waals surface area (Å²) in [4.78, 5) is 41.5. The van der Waals surface area contributed by atoms with E-state index >= 15 is 0 Å². The lowest BCUT2D eigenvalue weighted by atomic mass is 9.93. The molecule has 3 amide bonds. The smallest absolute Gasteiger partial charge is 0.408 e. The van der Waals surface area contributed by atoms with Crippen molar-refractivity contribution in [3.8, 4) is 5.75 Å². The molecule has 1 saturated carbocycles. The van der Waals surface area contributed by atoms with Crippen LogP contribution in [0.3, 0.4) is 0 Å². The first-order valence-corrected chi connectivity index (χ1v) is 12.9. The number of nitrogens with zero attached hydrogens (tertiary/aromatic N) is 1. The molecular formula is C26H41N3O5S.